The van der Waals surface area contributed by atoms with Gasteiger partial charge in [-0.3, -0.25) is 0 Å². The monoisotopic (exact) mass is 323 g/mol. The predicted molar refractivity (Wildman–Crippen MR) is 89.7 cm³/mol. The number of hydrogen-bond acceptors (Lipinski definition) is 2. The third-order valence-electron chi connectivity index (χ3n) is 3.07. The van der Waals surface area contributed by atoms with E-state index in [2.05, 4.69) is 25.2 Å². The Kier molecular flexibility index (Phi) is 5.92. The smallest absolute Gasteiger partial charge is 0.146 e. The Balaban J connectivity index is 2.22. The van der Waals surface area contributed by atoms with E-state index in [1.54, 1.807) is 18.2 Å². The van der Waals surface area contributed by atoms with E-state index >= 15 is 0 Å². The molecule has 0 saturated heterocycles. The van der Waals surface area contributed by atoms with E-state index in [4.69, 9.17) is 27.9 Å². The summed E-state index contributed by atoms with van der Waals surface area (Å²) in [6.45, 7) is 5.97. The van der Waals surface area contributed by atoms with Crippen molar-refractivity contribution in [2.75, 3.05) is 6.54 Å². The van der Waals surface area contributed by atoms with Gasteiger partial charge in [0.25, 0.3) is 0 Å². The standard InChI is InChI=1S/C17H19Cl2NO/c1-3-8-20-11-13-9-12(2)4-6-16(13)21-17-7-5-14(18)10-15(17)19/h4-7,9-10,20H,3,8,11H2,1-2H3. The Morgan fingerprint density at radius 2 is 1.81 bits per heavy atom. The number of hydrogen-bond donors (Lipinski definition) is 1. The van der Waals surface area contributed by atoms with Crippen LogP contribution in [0.2, 0.25) is 10.0 Å². The lowest BCUT2D eigenvalue weighted by molar-refractivity contribution is 0.472. The molecule has 2 rings (SSSR count). The number of aryl methyl sites for hydroxylation is 1. The maximum atomic E-state index is 6.16. The lowest BCUT2D eigenvalue weighted by Gasteiger charge is -2.14. The highest BCUT2D eigenvalue weighted by Gasteiger charge is 2.08. The first kappa shape index (κ1) is 16.2. The van der Waals surface area contributed by atoms with Gasteiger partial charge in [0.2, 0.25) is 0 Å². The second kappa shape index (κ2) is 7.69. The second-order valence-electron chi connectivity index (χ2n) is 4.96. The van der Waals surface area contributed by atoms with Crippen molar-refractivity contribution in [1.82, 2.24) is 5.32 Å². The second-order valence-corrected chi connectivity index (χ2v) is 5.81. The van der Waals surface area contributed by atoms with Gasteiger partial charge in [0.1, 0.15) is 11.5 Å². The zero-order valence-corrected chi connectivity index (χ0v) is 13.8. The molecule has 0 atom stereocenters. The van der Waals surface area contributed by atoms with Crippen LogP contribution in [0.1, 0.15) is 24.5 Å². The first-order valence-electron chi connectivity index (χ1n) is 7.03. The fraction of sp³-hybridized carbons (Fsp3) is 0.294. The van der Waals surface area contributed by atoms with Gasteiger partial charge in [0.15, 0.2) is 0 Å². The van der Waals surface area contributed by atoms with Crippen LogP contribution >= 0.6 is 23.2 Å². The van der Waals surface area contributed by atoms with Gasteiger partial charge in [-0.25, -0.2) is 0 Å². The number of nitrogens with one attached hydrogen (secondary N) is 1. The summed E-state index contributed by atoms with van der Waals surface area (Å²) in [4.78, 5) is 0. The van der Waals surface area contributed by atoms with Gasteiger partial charge >= 0.3 is 0 Å². The van der Waals surface area contributed by atoms with E-state index in [1.165, 1.54) is 5.56 Å². The Morgan fingerprint density at radius 1 is 1.05 bits per heavy atom. The lowest BCUT2D eigenvalue weighted by atomic mass is 10.1. The van der Waals surface area contributed by atoms with Gasteiger partial charge in [0, 0.05) is 17.1 Å². The summed E-state index contributed by atoms with van der Waals surface area (Å²) < 4.78 is 5.95. The molecule has 2 nitrogen and oxygen atoms in total. The van der Waals surface area contributed by atoms with Crippen molar-refractivity contribution in [3.63, 3.8) is 0 Å². The van der Waals surface area contributed by atoms with Gasteiger partial charge < -0.3 is 10.1 Å². The summed E-state index contributed by atoms with van der Waals surface area (Å²) in [5, 5.41) is 4.50. The summed E-state index contributed by atoms with van der Waals surface area (Å²) in [7, 11) is 0. The summed E-state index contributed by atoms with van der Waals surface area (Å²) in [5.74, 6) is 1.43. The van der Waals surface area contributed by atoms with E-state index < -0.39 is 0 Å². The van der Waals surface area contributed by atoms with E-state index in [0.29, 0.717) is 15.8 Å². The van der Waals surface area contributed by atoms with E-state index in [1.807, 2.05) is 12.1 Å². The van der Waals surface area contributed by atoms with Crippen LogP contribution in [0.5, 0.6) is 11.5 Å². The third kappa shape index (κ3) is 4.63. The van der Waals surface area contributed by atoms with E-state index in [9.17, 15) is 0 Å². The van der Waals surface area contributed by atoms with E-state index in [0.717, 1.165) is 30.8 Å². The molecular weight excluding hydrogens is 305 g/mol. The molecule has 112 valence electrons. The fourth-order valence-electron chi connectivity index (χ4n) is 2.02. The maximum absolute atomic E-state index is 6.16. The minimum absolute atomic E-state index is 0.510. The van der Waals surface area contributed by atoms with Crippen molar-refractivity contribution in [2.24, 2.45) is 0 Å². The fourth-order valence-corrected chi connectivity index (χ4v) is 2.47. The highest BCUT2D eigenvalue weighted by atomic mass is 35.5. The highest BCUT2D eigenvalue weighted by molar-refractivity contribution is 6.35. The molecule has 0 bridgehead atoms. The average Bonchev–Trinajstić information content (AvgIpc) is 2.44. The Bertz CT molecular complexity index is 614. The average molecular weight is 324 g/mol. The molecule has 2 aromatic carbocycles. The van der Waals surface area contributed by atoms with E-state index in [-0.39, 0.29) is 0 Å². The number of halogens is 2. The molecule has 0 saturated carbocycles. The number of rotatable bonds is 6. The zero-order chi connectivity index (χ0) is 15.2. The lowest BCUT2D eigenvalue weighted by Crippen LogP contribution is -2.14. The quantitative estimate of drug-likeness (QED) is 0.699. The van der Waals surface area contributed by atoms with Crippen molar-refractivity contribution in [3.05, 3.63) is 57.6 Å². The molecule has 0 heterocycles. The molecule has 21 heavy (non-hydrogen) atoms. The summed E-state index contributed by atoms with van der Waals surface area (Å²) in [5.41, 5.74) is 2.33. The van der Waals surface area contributed by atoms with Gasteiger partial charge in [0.05, 0.1) is 5.02 Å². The van der Waals surface area contributed by atoms with Crippen LogP contribution in [-0.4, -0.2) is 6.54 Å². The molecule has 0 spiro atoms. The predicted octanol–water partition coefficient (Wildman–Crippen LogP) is 5.59. The Morgan fingerprint density at radius 3 is 2.52 bits per heavy atom. The molecule has 0 amide bonds. The molecular formula is C17H19Cl2NO. The van der Waals surface area contributed by atoms with Gasteiger partial charge in [-0.05, 0) is 44.2 Å². The van der Waals surface area contributed by atoms with Gasteiger partial charge in [-0.15, -0.1) is 0 Å². The van der Waals surface area contributed by atoms with Crippen LogP contribution in [0.15, 0.2) is 36.4 Å². The maximum Gasteiger partial charge on any atom is 0.146 e. The molecule has 0 unspecified atom stereocenters. The Hall–Kier alpha value is -1.22. The Labute approximate surface area is 136 Å². The largest absolute Gasteiger partial charge is 0.455 e. The van der Waals surface area contributed by atoms with Gasteiger partial charge in [-0.1, -0.05) is 47.8 Å². The summed E-state index contributed by atoms with van der Waals surface area (Å²) in [6, 6.07) is 11.4. The van der Waals surface area contributed by atoms with Crippen molar-refractivity contribution in [1.29, 1.82) is 0 Å². The van der Waals surface area contributed by atoms with Gasteiger partial charge in [-0.2, -0.15) is 0 Å². The molecule has 4 heteroatoms. The molecule has 0 aliphatic carbocycles. The minimum Gasteiger partial charge on any atom is -0.455 e. The van der Waals surface area contributed by atoms with Crippen LogP contribution in [0, 0.1) is 6.92 Å². The van der Waals surface area contributed by atoms with Crippen LogP contribution in [0.3, 0.4) is 0 Å². The topological polar surface area (TPSA) is 21.3 Å². The van der Waals surface area contributed by atoms with Crippen molar-refractivity contribution in [3.8, 4) is 11.5 Å². The van der Waals surface area contributed by atoms with Crippen LogP contribution in [-0.2, 0) is 6.54 Å². The van der Waals surface area contributed by atoms with Crippen LogP contribution in [0.4, 0.5) is 0 Å². The zero-order valence-electron chi connectivity index (χ0n) is 12.2. The molecule has 2 aromatic rings. The first-order chi connectivity index (χ1) is 10.1. The molecule has 0 fully saturated rings. The van der Waals surface area contributed by atoms with Crippen LogP contribution in [0.25, 0.3) is 0 Å². The number of ether oxygens (including phenoxy) is 1. The highest BCUT2D eigenvalue weighted by Crippen LogP contribution is 2.33. The van der Waals surface area contributed by atoms with Crippen molar-refractivity contribution >= 4 is 23.2 Å². The normalized spacial score (nSPS) is 10.7. The molecule has 0 aromatic heterocycles. The summed E-state index contributed by atoms with van der Waals surface area (Å²) in [6.07, 6.45) is 1.10. The molecule has 0 aliphatic heterocycles. The molecule has 0 radical (unpaired) electrons. The summed E-state index contributed by atoms with van der Waals surface area (Å²) >= 11 is 12.1. The SMILES string of the molecule is CCCNCc1cc(C)ccc1Oc1ccc(Cl)cc1Cl. The van der Waals surface area contributed by atoms with Crippen LogP contribution < -0.4 is 10.1 Å². The first-order valence-corrected chi connectivity index (χ1v) is 7.79. The minimum atomic E-state index is 0.510. The third-order valence-corrected chi connectivity index (χ3v) is 3.60. The van der Waals surface area contributed by atoms with Crippen molar-refractivity contribution in [2.45, 2.75) is 26.8 Å². The molecule has 0 aliphatic rings. The molecule has 1 N–H and O–H groups in total. The van der Waals surface area contributed by atoms with Crippen molar-refractivity contribution < 1.29 is 4.74 Å². The number of benzene rings is 2.